The number of aromatic nitrogens is 2. The molecule has 9 nitrogen and oxygen atoms in total. The van der Waals surface area contributed by atoms with Gasteiger partial charge in [0.2, 0.25) is 5.60 Å². The summed E-state index contributed by atoms with van der Waals surface area (Å²) in [7, 11) is 0. The zero-order valence-corrected chi connectivity index (χ0v) is 14.2. The minimum atomic E-state index is -2.18. The van der Waals surface area contributed by atoms with Crippen LogP contribution >= 0.6 is 0 Å². The lowest BCUT2D eigenvalue weighted by Gasteiger charge is -2.21. The normalized spacial score (nSPS) is 18.2. The maximum atomic E-state index is 12.7. The molecule has 1 aliphatic rings. The third kappa shape index (κ3) is 2.29. The molecule has 4 N–H and O–H groups in total. The van der Waals surface area contributed by atoms with Gasteiger partial charge in [-0.25, -0.2) is 4.68 Å². The predicted molar refractivity (Wildman–Crippen MR) is 97.4 cm³/mol. The van der Waals surface area contributed by atoms with Crippen LogP contribution in [-0.4, -0.2) is 25.7 Å². The second-order valence-electron chi connectivity index (χ2n) is 6.24. The van der Waals surface area contributed by atoms with Crippen LogP contribution in [0.2, 0.25) is 0 Å². The van der Waals surface area contributed by atoms with Gasteiger partial charge in [0, 0.05) is 23.4 Å². The summed E-state index contributed by atoms with van der Waals surface area (Å²) in [5, 5.41) is 29.4. The largest absolute Gasteiger partial charge is 0.383 e. The standard InChI is InChI=1S/C18H15N5O4/c1-10-15(16(19)22(21-10)11-5-3-2-4-6-11)18(25)13-9-12(23(26)27)7-8-14(13)20-17(18)24/h2-9,25H,19H2,1H3,(H,20,24)/t18-/m1/s1. The predicted octanol–water partition coefficient (Wildman–Crippen LogP) is 1.86. The lowest BCUT2D eigenvalue weighted by molar-refractivity contribution is -0.385. The van der Waals surface area contributed by atoms with E-state index in [0.717, 1.165) is 0 Å². The Balaban J connectivity index is 1.95. The Morgan fingerprint density at radius 3 is 2.63 bits per heavy atom. The molecule has 0 unspecified atom stereocenters. The number of carbonyl (C=O) groups is 1. The van der Waals surface area contributed by atoms with Gasteiger partial charge in [-0.2, -0.15) is 5.10 Å². The second-order valence-corrected chi connectivity index (χ2v) is 6.24. The lowest BCUT2D eigenvalue weighted by Crippen LogP contribution is -2.36. The highest BCUT2D eigenvalue weighted by Crippen LogP contribution is 2.45. The molecule has 0 spiro atoms. The molecule has 136 valence electrons. The van der Waals surface area contributed by atoms with Gasteiger partial charge in [-0.3, -0.25) is 14.9 Å². The molecule has 0 saturated heterocycles. The number of nitrogens with one attached hydrogen (secondary N) is 1. The molecular formula is C18H15N5O4. The number of nitrogens with two attached hydrogens (primary N) is 1. The Morgan fingerprint density at radius 1 is 1.26 bits per heavy atom. The third-order valence-corrected chi connectivity index (χ3v) is 4.64. The highest BCUT2D eigenvalue weighted by atomic mass is 16.6. The van der Waals surface area contributed by atoms with E-state index in [2.05, 4.69) is 10.4 Å². The molecule has 4 rings (SSSR count). The number of nitro benzene ring substituents is 1. The number of nitrogens with zero attached hydrogens (tertiary/aromatic N) is 3. The topological polar surface area (TPSA) is 136 Å². The van der Waals surface area contributed by atoms with E-state index in [9.17, 15) is 20.0 Å². The van der Waals surface area contributed by atoms with Crippen molar-refractivity contribution in [1.82, 2.24) is 9.78 Å². The first-order valence-electron chi connectivity index (χ1n) is 8.07. The average molecular weight is 365 g/mol. The zero-order chi connectivity index (χ0) is 19.3. The van der Waals surface area contributed by atoms with Crippen molar-refractivity contribution in [2.75, 3.05) is 11.1 Å². The number of nitrogen functional groups attached to an aromatic ring is 1. The van der Waals surface area contributed by atoms with Crippen molar-refractivity contribution in [1.29, 1.82) is 0 Å². The Kier molecular flexibility index (Phi) is 3.50. The van der Waals surface area contributed by atoms with Crippen LogP contribution < -0.4 is 11.1 Å². The van der Waals surface area contributed by atoms with Gasteiger partial charge < -0.3 is 16.2 Å². The summed E-state index contributed by atoms with van der Waals surface area (Å²) < 4.78 is 1.42. The van der Waals surface area contributed by atoms with Crippen molar-refractivity contribution >= 4 is 23.1 Å². The monoisotopic (exact) mass is 365 g/mol. The summed E-state index contributed by atoms with van der Waals surface area (Å²) in [6, 6.07) is 12.8. The summed E-state index contributed by atoms with van der Waals surface area (Å²) in [5.41, 5.74) is 5.29. The van der Waals surface area contributed by atoms with E-state index in [-0.39, 0.29) is 22.6 Å². The minimum absolute atomic E-state index is 0.0733. The van der Waals surface area contributed by atoms with E-state index in [1.165, 1.54) is 22.9 Å². The maximum Gasteiger partial charge on any atom is 0.269 e. The van der Waals surface area contributed by atoms with Crippen molar-refractivity contribution in [3.05, 3.63) is 75.5 Å². The number of hydrogen-bond donors (Lipinski definition) is 3. The highest BCUT2D eigenvalue weighted by Gasteiger charge is 2.51. The van der Waals surface area contributed by atoms with Crippen molar-refractivity contribution < 1.29 is 14.8 Å². The molecule has 0 fully saturated rings. The number of fused-ring (bicyclic) bond motifs is 1. The van der Waals surface area contributed by atoms with Crippen LogP contribution in [0.4, 0.5) is 17.2 Å². The Morgan fingerprint density at radius 2 is 1.96 bits per heavy atom. The van der Waals surface area contributed by atoms with E-state index in [0.29, 0.717) is 17.1 Å². The molecular weight excluding hydrogens is 350 g/mol. The zero-order valence-electron chi connectivity index (χ0n) is 14.2. The number of anilines is 2. The molecule has 1 atom stereocenters. The number of nitro groups is 1. The molecule has 9 heteroatoms. The van der Waals surface area contributed by atoms with E-state index in [1.54, 1.807) is 31.2 Å². The number of benzene rings is 2. The van der Waals surface area contributed by atoms with Crippen molar-refractivity contribution in [3.63, 3.8) is 0 Å². The number of amides is 1. The first-order valence-corrected chi connectivity index (χ1v) is 8.07. The summed E-state index contributed by atoms with van der Waals surface area (Å²) in [6.45, 7) is 1.62. The van der Waals surface area contributed by atoms with Crippen LogP contribution in [0.3, 0.4) is 0 Å². The average Bonchev–Trinajstić information content (AvgIpc) is 3.09. The molecule has 0 aliphatic carbocycles. The molecule has 1 aromatic heterocycles. The fourth-order valence-electron chi connectivity index (χ4n) is 3.40. The van der Waals surface area contributed by atoms with E-state index < -0.39 is 16.4 Å². The summed E-state index contributed by atoms with van der Waals surface area (Å²) >= 11 is 0. The number of aliphatic hydroxyl groups is 1. The molecule has 3 aromatic rings. The molecule has 2 aromatic carbocycles. The summed E-state index contributed by atoms with van der Waals surface area (Å²) in [6.07, 6.45) is 0. The number of rotatable bonds is 3. The van der Waals surface area contributed by atoms with Gasteiger partial charge in [-0.05, 0) is 25.1 Å². The highest BCUT2D eigenvalue weighted by molar-refractivity contribution is 6.08. The van der Waals surface area contributed by atoms with Crippen molar-refractivity contribution in [2.24, 2.45) is 0 Å². The van der Waals surface area contributed by atoms with Crippen LogP contribution in [0.1, 0.15) is 16.8 Å². The van der Waals surface area contributed by atoms with Crippen LogP contribution in [-0.2, 0) is 10.4 Å². The molecule has 2 heterocycles. The number of aryl methyl sites for hydroxylation is 1. The first kappa shape index (κ1) is 16.7. The van der Waals surface area contributed by atoms with E-state index in [4.69, 9.17) is 5.73 Å². The fraction of sp³-hybridized carbons (Fsp3) is 0.111. The summed E-state index contributed by atoms with van der Waals surface area (Å²) in [4.78, 5) is 23.2. The number of non-ortho nitro benzene ring substituents is 1. The number of para-hydroxylation sites is 1. The van der Waals surface area contributed by atoms with Gasteiger partial charge in [0.15, 0.2) is 0 Å². The third-order valence-electron chi connectivity index (χ3n) is 4.64. The lowest BCUT2D eigenvalue weighted by atomic mass is 9.87. The SMILES string of the molecule is Cc1nn(-c2ccccc2)c(N)c1[C@@]1(O)C(=O)Nc2ccc([N+](=O)[O-])cc21. The molecule has 0 bridgehead atoms. The maximum absolute atomic E-state index is 12.7. The Hall–Kier alpha value is -3.72. The van der Waals surface area contributed by atoms with Crippen LogP contribution in [0, 0.1) is 17.0 Å². The van der Waals surface area contributed by atoms with Crippen molar-refractivity contribution in [3.8, 4) is 5.69 Å². The van der Waals surface area contributed by atoms with Gasteiger partial charge in [0.1, 0.15) is 5.82 Å². The van der Waals surface area contributed by atoms with E-state index in [1.807, 2.05) is 6.07 Å². The Labute approximate surface area is 153 Å². The molecule has 1 aliphatic heterocycles. The van der Waals surface area contributed by atoms with Crippen molar-refractivity contribution in [2.45, 2.75) is 12.5 Å². The van der Waals surface area contributed by atoms with Gasteiger partial charge in [-0.15, -0.1) is 0 Å². The molecule has 0 radical (unpaired) electrons. The summed E-state index contributed by atoms with van der Waals surface area (Å²) in [5.74, 6) is -0.656. The van der Waals surface area contributed by atoms with Gasteiger partial charge in [-0.1, -0.05) is 18.2 Å². The molecule has 1 amide bonds. The number of hydrogen-bond acceptors (Lipinski definition) is 6. The quantitative estimate of drug-likeness (QED) is 0.479. The molecule has 0 saturated carbocycles. The first-order chi connectivity index (χ1) is 12.8. The minimum Gasteiger partial charge on any atom is -0.383 e. The molecule has 27 heavy (non-hydrogen) atoms. The van der Waals surface area contributed by atoms with Crippen LogP contribution in [0.5, 0.6) is 0 Å². The van der Waals surface area contributed by atoms with Gasteiger partial charge >= 0.3 is 0 Å². The van der Waals surface area contributed by atoms with Gasteiger partial charge in [0.25, 0.3) is 11.6 Å². The smallest absolute Gasteiger partial charge is 0.269 e. The fourth-order valence-corrected chi connectivity index (χ4v) is 3.40. The van der Waals surface area contributed by atoms with E-state index >= 15 is 0 Å². The van der Waals surface area contributed by atoms with Crippen LogP contribution in [0.25, 0.3) is 5.69 Å². The van der Waals surface area contributed by atoms with Crippen LogP contribution in [0.15, 0.2) is 48.5 Å². The second kappa shape index (κ2) is 5.64. The number of carbonyl (C=O) groups excluding carboxylic acids is 1. The van der Waals surface area contributed by atoms with Gasteiger partial charge in [0.05, 0.1) is 21.9 Å². The Bertz CT molecular complexity index is 1090.